The summed E-state index contributed by atoms with van der Waals surface area (Å²) in [5, 5.41) is 2.99. The van der Waals surface area contributed by atoms with Crippen molar-refractivity contribution in [3.63, 3.8) is 0 Å². The van der Waals surface area contributed by atoms with E-state index < -0.39 is 0 Å². The molecule has 1 saturated heterocycles. The fourth-order valence-electron chi connectivity index (χ4n) is 2.46. The molecule has 1 aliphatic heterocycles. The van der Waals surface area contributed by atoms with Crippen LogP contribution in [0.25, 0.3) is 0 Å². The van der Waals surface area contributed by atoms with E-state index >= 15 is 0 Å². The van der Waals surface area contributed by atoms with Crippen LogP contribution in [0, 0.1) is 0 Å². The van der Waals surface area contributed by atoms with Gasteiger partial charge in [-0.05, 0) is 31.0 Å². The number of anilines is 1. The molecule has 0 radical (unpaired) electrons. The summed E-state index contributed by atoms with van der Waals surface area (Å²) in [6, 6.07) is 5.31. The molecule has 1 aromatic rings. The summed E-state index contributed by atoms with van der Waals surface area (Å²) in [6.45, 7) is 1.79. The predicted octanol–water partition coefficient (Wildman–Crippen LogP) is 0.711. The van der Waals surface area contributed by atoms with Crippen LogP contribution < -0.4 is 16.8 Å². The number of nitrogen functional groups attached to an aromatic ring is 1. The van der Waals surface area contributed by atoms with E-state index in [4.69, 9.17) is 11.5 Å². The van der Waals surface area contributed by atoms with E-state index in [1.54, 1.807) is 18.2 Å². The van der Waals surface area contributed by atoms with Crippen molar-refractivity contribution in [1.82, 2.24) is 10.2 Å². The number of nitrogens with two attached hydrogens (primary N) is 2. The second-order valence-electron chi connectivity index (χ2n) is 5.22. The van der Waals surface area contributed by atoms with Crippen molar-refractivity contribution in [2.75, 3.05) is 25.4 Å². The molecule has 0 atom stereocenters. The molecule has 114 valence electrons. The number of amides is 2. The zero-order chi connectivity index (χ0) is 15.4. The van der Waals surface area contributed by atoms with Gasteiger partial charge in [0.15, 0.2) is 0 Å². The van der Waals surface area contributed by atoms with E-state index in [-0.39, 0.29) is 24.4 Å². The monoisotopic (exact) mass is 354 g/mol. The zero-order valence-electron chi connectivity index (χ0n) is 11.6. The highest BCUT2D eigenvalue weighted by molar-refractivity contribution is 9.10. The van der Waals surface area contributed by atoms with Crippen LogP contribution in [0.3, 0.4) is 0 Å². The molecule has 0 saturated carbocycles. The number of hydrogen-bond acceptors (Lipinski definition) is 4. The number of nitrogens with zero attached hydrogens (tertiary/aromatic N) is 1. The average Bonchev–Trinajstić information content (AvgIpc) is 2.40. The van der Waals surface area contributed by atoms with Crippen LogP contribution in [0.5, 0.6) is 0 Å². The van der Waals surface area contributed by atoms with Gasteiger partial charge in [-0.3, -0.25) is 14.5 Å². The first-order valence-electron chi connectivity index (χ1n) is 6.82. The predicted molar refractivity (Wildman–Crippen MR) is 84.7 cm³/mol. The SMILES string of the molecule is NC(=O)CN1CCC(NC(=O)c2ccc(Br)cc2N)CC1. The van der Waals surface area contributed by atoms with Gasteiger partial charge in [-0.15, -0.1) is 0 Å². The largest absolute Gasteiger partial charge is 0.398 e. The highest BCUT2D eigenvalue weighted by atomic mass is 79.9. The molecule has 21 heavy (non-hydrogen) atoms. The van der Waals surface area contributed by atoms with E-state index in [9.17, 15) is 9.59 Å². The Labute approximate surface area is 132 Å². The molecule has 1 heterocycles. The van der Waals surface area contributed by atoms with Crippen LogP contribution in [0.15, 0.2) is 22.7 Å². The Morgan fingerprint density at radius 2 is 2.00 bits per heavy atom. The Balaban J connectivity index is 1.88. The first-order chi connectivity index (χ1) is 9.95. The molecule has 7 heteroatoms. The summed E-state index contributed by atoms with van der Waals surface area (Å²) < 4.78 is 0.844. The van der Waals surface area contributed by atoms with Gasteiger partial charge in [0, 0.05) is 29.3 Å². The van der Waals surface area contributed by atoms with Gasteiger partial charge in [0.2, 0.25) is 5.91 Å². The fourth-order valence-corrected chi connectivity index (χ4v) is 2.84. The number of carbonyl (C=O) groups excluding carboxylic acids is 2. The molecule has 1 fully saturated rings. The summed E-state index contributed by atoms with van der Waals surface area (Å²) in [7, 11) is 0. The number of hydrogen-bond donors (Lipinski definition) is 3. The lowest BCUT2D eigenvalue weighted by molar-refractivity contribution is -0.119. The molecular weight excluding hydrogens is 336 g/mol. The Morgan fingerprint density at radius 1 is 1.33 bits per heavy atom. The quantitative estimate of drug-likeness (QED) is 0.693. The van der Waals surface area contributed by atoms with Gasteiger partial charge in [0.05, 0.1) is 12.1 Å². The normalized spacial score (nSPS) is 16.6. The van der Waals surface area contributed by atoms with Crippen LogP contribution in [0.2, 0.25) is 0 Å². The highest BCUT2D eigenvalue weighted by Crippen LogP contribution is 2.19. The number of piperidine rings is 1. The maximum absolute atomic E-state index is 12.2. The lowest BCUT2D eigenvalue weighted by Crippen LogP contribution is -2.46. The van der Waals surface area contributed by atoms with Gasteiger partial charge >= 0.3 is 0 Å². The second-order valence-corrected chi connectivity index (χ2v) is 6.14. The molecule has 0 spiro atoms. The van der Waals surface area contributed by atoms with Crippen molar-refractivity contribution in [3.05, 3.63) is 28.2 Å². The highest BCUT2D eigenvalue weighted by Gasteiger charge is 2.22. The Bertz CT molecular complexity index is 542. The minimum atomic E-state index is -0.319. The molecule has 2 amide bonds. The van der Waals surface area contributed by atoms with E-state index in [2.05, 4.69) is 21.2 Å². The number of carbonyl (C=O) groups is 2. The number of nitrogens with one attached hydrogen (secondary N) is 1. The van der Waals surface area contributed by atoms with Crippen molar-refractivity contribution in [3.8, 4) is 0 Å². The average molecular weight is 355 g/mol. The molecule has 5 N–H and O–H groups in total. The van der Waals surface area contributed by atoms with Crippen molar-refractivity contribution >= 4 is 33.4 Å². The van der Waals surface area contributed by atoms with Gasteiger partial charge in [-0.1, -0.05) is 15.9 Å². The van der Waals surface area contributed by atoms with Crippen LogP contribution in [0.4, 0.5) is 5.69 Å². The lowest BCUT2D eigenvalue weighted by Gasteiger charge is -2.31. The third kappa shape index (κ3) is 4.44. The van der Waals surface area contributed by atoms with E-state index in [1.807, 2.05) is 4.90 Å². The number of primary amides is 1. The fraction of sp³-hybridized carbons (Fsp3) is 0.429. The maximum Gasteiger partial charge on any atom is 0.253 e. The van der Waals surface area contributed by atoms with Gasteiger partial charge in [0.1, 0.15) is 0 Å². The topological polar surface area (TPSA) is 101 Å². The molecule has 0 aromatic heterocycles. The summed E-state index contributed by atoms with van der Waals surface area (Å²) in [6.07, 6.45) is 1.60. The van der Waals surface area contributed by atoms with Crippen LogP contribution in [-0.2, 0) is 4.79 Å². The maximum atomic E-state index is 12.2. The number of halogens is 1. The Hall–Kier alpha value is -1.60. The number of benzene rings is 1. The summed E-state index contributed by atoms with van der Waals surface area (Å²) in [5.74, 6) is -0.478. The standard InChI is InChI=1S/C14H19BrN4O2/c15-9-1-2-11(12(16)7-9)14(21)18-10-3-5-19(6-4-10)8-13(17)20/h1-2,7,10H,3-6,8,16H2,(H2,17,20)(H,18,21). The molecule has 1 aromatic carbocycles. The van der Waals surface area contributed by atoms with Crippen LogP contribution in [0.1, 0.15) is 23.2 Å². The van der Waals surface area contributed by atoms with Gasteiger partial charge < -0.3 is 16.8 Å². The molecule has 0 aliphatic carbocycles. The lowest BCUT2D eigenvalue weighted by atomic mass is 10.0. The summed E-state index contributed by atoms with van der Waals surface area (Å²) in [5.41, 5.74) is 12.0. The molecule has 2 rings (SSSR count). The molecule has 0 unspecified atom stereocenters. The second kappa shape index (κ2) is 6.91. The van der Waals surface area contributed by atoms with Crippen LogP contribution in [-0.4, -0.2) is 42.4 Å². The molecule has 0 bridgehead atoms. The summed E-state index contributed by atoms with van der Waals surface area (Å²) >= 11 is 3.32. The van der Waals surface area contributed by atoms with E-state index in [1.165, 1.54) is 0 Å². The van der Waals surface area contributed by atoms with E-state index in [0.29, 0.717) is 11.3 Å². The molecular formula is C14H19BrN4O2. The zero-order valence-corrected chi connectivity index (χ0v) is 13.2. The van der Waals surface area contributed by atoms with Gasteiger partial charge in [0.25, 0.3) is 5.91 Å². The minimum absolute atomic E-state index is 0.102. The Kier molecular flexibility index (Phi) is 5.19. The van der Waals surface area contributed by atoms with Gasteiger partial charge in [-0.2, -0.15) is 0 Å². The van der Waals surface area contributed by atoms with Crippen molar-refractivity contribution in [2.45, 2.75) is 18.9 Å². The molecule has 6 nitrogen and oxygen atoms in total. The van der Waals surface area contributed by atoms with Gasteiger partial charge in [-0.25, -0.2) is 0 Å². The Morgan fingerprint density at radius 3 is 2.57 bits per heavy atom. The third-order valence-electron chi connectivity index (χ3n) is 3.56. The number of rotatable bonds is 4. The van der Waals surface area contributed by atoms with Crippen LogP contribution >= 0.6 is 15.9 Å². The smallest absolute Gasteiger partial charge is 0.253 e. The summed E-state index contributed by atoms with van der Waals surface area (Å²) in [4.78, 5) is 25.1. The third-order valence-corrected chi connectivity index (χ3v) is 4.05. The first-order valence-corrected chi connectivity index (χ1v) is 7.61. The molecule has 1 aliphatic rings. The van der Waals surface area contributed by atoms with Crippen molar-refractivity contribution < 1.29 is 9.59 Å². The van der Waals surface area contributed by atoms with E-state index in [0.717, 1.165) is 30.4 Å². The van der Waals surface area contributed by atoms with Crippen molar-refractivity contribution in [1.29, 1.82) is 0 Å². The number of likely N-dealkylation sites (tertiary alicyclic amines) is 1. The minimum Gasteiger partial charge on any atom is -0.398 e. The first kappa shape index (κ1) is 15.8. The van der Waals surface area contributed by atoms with Crippen molar-refractivity contribution in [2.24, 2.45) is 5.73 Å².